The van der Waals surface area contributed by atoms with Gasteiger partial charge in [-0.05, 0) is 55.2 Å². The van der Waals surface area contributed by atoms with E-state index in [1.54, 1.807) is 0 Å². The Hall–Kier alpha value is -2.94. The molecular formula is C24H27NO2. The number of anilines is 1. The molecule has 0 unspecified atom stereocenters. The van der Waals surface area contributed by atoms with Gasteiger partial charge in [-0.15, -0.1) is 0 Å². The van der Waals surface area contributed by atoms with Crippen LogP contribution >= 0.6 is 0 Å². The van der Waals surface area contributed by atoms with E-state index in [1.807, 2.05) is 37.3 Å². The average molecular weight is 361 g/mol. The third-order valence-corrected chi connectivity index (χ3v) is 4.29. The number of rotatable bonds is 10. The minimum absolute atomic E-state index is 0.690. The molecule has 0 amide bonds. The fourth-order valence-electron chi connectivity index (χ4n) is 2.88. The topological polar surface area (TPSA) is 30.5 Å². The molecule has 0 fully saturated rings. The molecule has 0 aliphatic heterocycles. The zero-order valence-electron chi connectivity index (χ0n) is 15.9. The molecule has 0 saturated carbocycles. The van der Waals surface area contributed by atoms with Gasteiger partial charge in [-0.2, -0.15) is 0 Å². The molecule has 0 aliphatic carbocycles. The molecule has 0 aliphatic rings. The van der Waals surface area contributed by atoms with Crippen molar-refractivity contribution in [3.63, 3.8) is 0 Å². The van der Waals surface area contributed by atoms with Crippen molar-refractivity contribution in [1.82, 2.24) is 0 Å². The monoisotopic (exact) mass is 361 g/mol. The van der Waals surface area contributed by atoms with E-state index in [2.05, 4.69) is 53.8 Å². The van der Waals surface area contributed by atoms with Gasteiger partial charge in [0.25, 0.3) is 0 Å². The van der Waals surface area contributed by atoms with Gasteiger partial charge in [0, 0.05) is 18.3 Å². The van der Waals surface area contributed by atoms with Crippen molar-refractivity contribution in [2.24, 2.45) is 0 Å². The highest BCUT2D eigenvalue weighted by atomic mass is 16.5. The molecule has 0 saturated heterocycles. The summed E-state index contributed by atoms with van der Waals surface area (Å²) in [6.45, 7) is 4.17. The van der Waals surface area contributed by atoms with Gasteiger partial charge >= 0.3 is 0 Å². The summed E-state index contributed by atoms with van der Waals surface area (Å²) >= 11 is 0. The van der Waals surface area contributed by atoms with Crippen molar-refractivity contribution in [1.29, 1.82) is 0 Å². The largest absolute Gasteiger partial charge is 0.494 e. The summed E-state index contributed by atoms with van der Waals surface area (Å²) in [6, 6.07) is 26.8. The van der Waals surface area contributed by atoms with Gasteiger partial charge < -0.3 is 14.8 Å². The molecule has 0 radical (unpaired) electrons. The second-order valence-corrected chi connectivity index (χ2v) is 6.40. The Balaban J connectivity index is 1.44. The Morgan fingerprint density at radius 3 is 2.33 bits per heavy atom. The van der Waals surface area contributed by atoms with Crippen molar-refractivity contribution >= 4 is 5.69 Å². The second-order valence-electron chi connectivity index (χ2n) is 6.40. The molecule has 0 bridgehead atoms. The van der Waals surface area contributed by atoms with E-state index in [0.717, 1.165) is 43.2 Å². The minimum Gasteiger partial charge on any atom is -0.494 e. The van der Waals surface area contributed by atoms with Crippen LogP contribution in [0.15, 0.2) is 78.9 Å². The summed E-state index contributed by atoms with van der Waals surface area (Å²) in [5.74, 6) is 1.81. The van der Waals surface area contributed by atoms with E-state index in [9.17, 15) is 0 Å². The molecule has 3 aromatic rings. The van der Waals surface area contributed by atoms with Gasteiger partial charge in [0.15, 0.2) is 0 Å². The van der Waals surface area contributed by atoms with Gasteiger partial charge in [-0.3, -0.25) is 0 Å². The molecule has 0 atom stereocenters. The van der Waals surface area contributed by atoms with Crippen LogP contribution in [0.4, 0.5) is 5.69 Å². The maximum atomic E-state index is 5.91. The maximum Gasteiger partial charge on any atom is 0.121 e. The van der Waals surface area contributed by atoms with Crippen LogP contribution < -0.4 is 14.8 Å². The highest BCUT2D eigenvalue weighted by Crippen LogP contribution is 2.19. The van der Waals surface area contributed by atoms with E-state index in [0.29, 0.717) is 6.61 Å². The number of hydrogen-bond donors (Lipinski definition) is 1. The first-order valence-electron chi connectivity index (χ1n) is 9.56. The summed E-state index contributed by atoms with van der Waals surface area (Å²) in [4.78, 5) is 0. The van der Waals surface area contributed by atoms with Crippen LogP contribution in [0.5, 0.6) is 11.5 Å². The molecule has 140 valence electrons. The smallest absolute Gasteiger partial charge is 0.121 e. The van der Waals surface area contributed by atoms with Gasteiger partial charge in [-0.25, -0.2) is 0 Å². The van der Waals surface area contributed by atoms with E-state index < -0.39 is 0 Å². The molecule has 3 nitrogen and oxygen atoms in total. The third kappa shape index (κ3) is 6.37. The zero-order chi connectivity index (χ0) is 18.7. The van der Waals surface area contributed by atoms with Crippen molar-refractivity contribution in [2.45, 2.75) is 26.3 Å². The van der Waals surface area contributed by atoms with E-state index in [1.165, 1.54) is 11.1 Å². The lowest BCUT2D eigenvalue weighted by atomic mass is 10.1. The van der Waals surface area contributed by atoms with Crippen LogP contribution in [0, 0.1) is 0 Å². The van der Waals surface area contributed by atoms with Crippen LogP contribution in [-0.2, 0) is 13.0 Å². The van der Waals surface area contributed by atoms with Crippen LogP contribution in [0.1, 0.15) is 24.5 Å². The summed E-state index contributed by atoms with van der Waals surface area (Å²) in [5.41, 5.74) is 3.63. The number of nitrogens with one attached hydrogen (secondary N) is 1. The Bertz CT molecular complexity index is 800. The molecule has 0 heterocycles. The van der Waals surface area contributed by atoms with E-state index >= 15 is 0 Å². The molecular weight excluding hydrogens is 334 g/mol. The Morgan fingerprint density at radius 2 is 1.56 bits per heavy atom. The highest BCUT2D eigenvalue weighted by Gasteiger charge is 2.00. The van der Waals surface area contributed by atoms with Crippen molar-refractivity contribution in [3.05, 3.63) is 90.0 Å². The molecule has 3 aromatic carbocycles. The highest BCUT2D eigenvalue weighted by molar-refractivity contribution is 5.48. The van der Waals surface area contributed by atoms with Crippen LogP contribution in [-0.4, -0.2) is 13.2 Å². The molecule has 0 spiro atoms. The molecule has 3 rings (SSSR count). The van der Waals surface area contributed by atoms with Crippen LogP contribution in [0.3, 0.4) is 0 Å². The summed E-state index contributed by atoms with van der Waals surface area (Å²) in [7, 11) is 0. The van der Waals surface area contributed by atoms with Gasteiger partial charge in [0.2, 0.25) is 0 Å². The molecule has 27 heavy (non-hydrogen) atoms. The SMILES string of the molecule is CCOc1ccc(CNc2cccc(OCCCc3ccccc3)c2)cc1. The predicted octanol–water partition coefficient (Wildman–Crippen LogP) is 5.71. The maximum absolute atomic E-state index is 5.91. The van der Waals surface area contributed by atoms with Crippen molar-refractivity contribution in [2.75, 3.05) is 18.5 Å². The fourth-order valence-corrected chi connectivity index (χ4v) is 2.88. The first kappa shape index (κ1) is 18.8. The third-order valence-electron chi connectivity index (χ3n) is 4.29. The quantitative estimate of drug-likeness (QED) is 0.469. The van der Waals surface area contributed by atoms with Gasteiger partial charge in [0.1, 0.15) is 11.5 Å². The Morgan fingerprint density at radius 1 is 0.741 bits per heavy atom. The lowest BCUT2D eigenvalue weighted by Crippen LogP contribution is -2.02. The van der Waals surface area contributed by atoms with Crippen molar-refractivity contribution in [3.8, 4) is 11.5 Å². The first-order valence-corrected chi connectivity index (χ1v) is 9.56. The number of hydrogen-bond acceptors (Lipinski definition) is 3. The Kier molecular flexibility index (Phi) is 7.16. The lowest BCUT2D eigenvalue weighted by Gasteiger charge is -2.11. The molecule has 3 heteroatoms. The van der Waals surface area contributed by atoms with Gasteiger partial charge in [0.05, 0.1) is 13.2 Å². The molecule has 0 aromatic heterocycles. The summed E-state index contributed by atoms with van der Waals surface area (Å²) < 4.78 is 11.4. The standard InChI is InChI=1S/C24H27NO2/c1-2-26-23-15-13-21(14-16-23)19-25-22-11-6-12-24(18-22)27-17-7-10-20-8-4-3-5-9-20/h3-6,8-9,11-16,18,25H,2,7,10,17,19H2,1H3. The number of ether oxygens (including phenoxy) is 2. The fraction of sp³-hybridized carbons (Fsp3) is 0.250. The Labute approximate surface area is 162 Å². The molecule has 1 N–H and O–H groups in total. The van der Waals surface area contributed by atoms with Crippen molar-refractivity contribution < 1.29 is 9.47 Å². The lowest BCUT2D eigenvalue weighted by molar-refractivity contribution is 0.311. The first-order chi connectivity index (χ1) is 13.3. The number of aryl methyl sites for hydroxylation is 1. The average Bonchev–Trinajstić information content (AvgIpc) is 2.72. The van der Waals surface area contributed by atoms with Gasteiger partial charge in [-0.1, -0.05) is 48.5 Å². The normalized spacial score (nSPS) is 10.4. The second kappa shape index (κ2) is 10.3. The summed E-state index contributed by atoms with van der Waals surface area (Å²) in [6.07, 6.45) is 2.05. The minimum atomic E-state index is 0.690. The van der Waals surface area contributed by atoms with E-state index in [-0.39, 0.29) is 0 Å². The van der Waals surface area contributed by atoms with E-state index in [4.69, 9.17) is 9.47 Å². The zero-order valence-corrected chi connectivity index (χ0v) is 15.9. The van der Waals surface area contributed by atoms with Crippen LogP contribution in [0.2, 0.25) is 0 Å². The summed E-state index contributed by atoms with van der Waals surface area (Å²) in [5, 5.41) is 3.45. The number of benzene rings is 3. The predicted molar refractivity (Wildman–Crippen MR) is 112 cm³/mol. The van der Waals surface area contributed by atoms with Crippen LogP contribution in [0.25, 0.3) is 0 Å².